The molecule has 20 heavy (non-hydrogen) atoms. The first-order valence-corrected chi connectivity index (χ1v) is 7.02. The number of nitrogens with zero attached hydrogens (tertiary/aromatic N) is 1. The summed E-state index contributed by atoms with van der Waals surface area (Å²) in [5.41, 5.74) is 7.90. The van der Waals surface area contributed by atoms with E-state index in [9.17, 15) is 13.2 Å². The highest BCUT2D eigenvalue weighted by Crippen LogP contribution is 2.35. The molecule has 1 saturated heterocycles. The molecule has 112 valence electrons. The van der Waals surface area contributed by atoms with Crippen LogP contribution in [0.1, 0.15) is 25.3 Å². The molecule has 1 aliphatic heterocycles. The number of benzene rings is 1. The van der Waals surface area contributed by atoms with Crippen LogP contribution in [-0.4, -0.2) is 25.3 Å². The van der Waals surface area contributed by atoms with E-state index >= 15 is 0 Å². The lowest BCUT2D eigenvalue weighted by Crippen LogP contribution is -2.39. The van der Waals surface area contributed by atoms with Gasteiger partial charge < -0.3 is 10.6 Å². The Labute approximate surface area is 117 Å². The number of halogens is 3. The van der Waals surface area contributed by atoms with Crippen molar-refractivity contribution in [3.63, 3.8) is 0 Å². The van der Waals surface area contributed by atoms with E-state index in [0.717, 1.165) is 17.7 Å². The normalized spacial score (nSPS) is 19.1. The van der Waals surface area contributed by atoms with Crippen molar-refractivity contribution >= 4 is 5.69 Å². The van der Waals surface area contributed by atoms with Gasteiger partial charge in [0.2, 0.25) is 0 Å². The number of hydrogen-bond donors (Lipinski definition) is 1. The van der Waals surface area contributed by atoms with Crippen molar-refractivity contribution in [3.05, 3.63) is 29.8 Å². The van der Waals surface area contributed by atoms with Gasteiger partial charge in [-0.05, 0) is 43.9 Å². The Kier molecular flexibility index (Phi) is 4.58. The second-order valence-electron chi connectivity index (χ2n) is 5.65. The first kappa shape index (κ1) is 15.2. The third-order valence-corrected chi connectivity index (χ3v) is 3.82. The van der Waals surface area contributed by atoms with Gasteiger partial charge in [0.25, 0.3) is 0 Å². The molecule has 2 nitrogen and oxygen atoms in total. The van der Waals surface area contributed by atoms with E-state index in [0.29, 0.717) is 13.1 Å². The quantitative estimate of drug-likeness (QED) is 0.923. The molecule has 0 bridgehead atoms. The molecule has 5 heteroatoms. The summed E-state index contributed by atoms with van der Waals surface area (Å²) in [6.45, 7) is 2.89. The van der Waals surface area contributed by atoms with E-state index < -0.39 is 12.1 Å². The fraction of sp³-hybridized carbons (Fsp3) is 0.600. The van der Waals surface area contributed by atoms with Crippen molar-refractivity contribution in [2.24, 2.45) is 11.7 Å². The van der Waals surface area contributed by atoms with Gasteiger partial charge in [-0.2, -0.15) is 13.2 Å². The summed E-state index contributed by atoms with van der Waals surface area (Å²) in [7, 11) is 0. The molecule has 0 spiro atoms. The molecular weight excluding hydrogens is 265 g/mol. The van der Waals surface area contributed by atoms with Crippen molar-refractivity contribution in [2.45, 2.75) is 38.4 Å². The van der Waals surface area contributed by atoms with E-state index in [2.05, 4.69) is 0 Å². The van der Waals surface area contributed by atoms with Gasteiger partial charge in [-0.25, -0.2) is 0 Å². The highest BCUT2D eigenvalue weighted by molar-refractivity contribution is 5.48. The molecule has 1 aromatic rings. The largest absolute Gasteiger partial charge is 0.391 e. The fourth-order valence-electron chi connectivity index (χ4n) is 2.68. The Hall–Kier alpha value is -1.23. The van der Waals surface area contributed by atoms with Crippen LogP contribution in [0.2, 0.25) is 0 Å². The smallest absolute Gasteiger partial charge is 0.372 e. The van der Waals surface area contributed by atoms with E-state index in [1.54, 1.807) is 0 Å². The molecule has 1 aromatic carbocycles. The summed E-state index contributed by atoms with van der Waals surface area (Å²) < 4.78 is 37.8. The summed E-state index contributed by atoms with van der Waals surface area (Å²) in [5, 5.41) is 0. The fourth-order valence-corrected chi connectivity index (χ4v) is 2.68. The SMILES string of the molecule is CC(N)Cc1ccc(N2CCC(C(F)(F)F)CC2)cc1. The average molecular weight is 286 g/mol. The average Bonchev–Trinajstić information content (AvgIpc) is 2.38. The van der Waals surface area contributed by atoms with E-state index in [-0.39, 0.29) is 18.9 Å². The lowest BCUT2D eigenvalue weighted by Gasteiger charge is -2.34. The molecule has 0 amide bonds. The Morgan fingerprint density at radius 2 is 1.75 bits per heavy atom. The molecule has 0 aromatic heterocycles. The van der Waals surface area contributed by atoms with Crippen molar-refractivity contribution in [1.29, 1.82) is 0 Å². The van der Waals surface area contributed by atoms with Crippen molar-refractivity contribution in [2.75, 3.05) is 18.0 Å². The number of nitrogens with two attached hydrogens (primary N) is 1. The predicted octanol–water partition coefficient (Wildman–Crippen LogP) is 3.36. The zero-order valence-corrected chi connectivity index (χ0v) is 11.7. The van der Waals surface area contributed by atoms with E-state index in [4.69, 9.17) is 5.73 Å². The Balaban J connectivity index is 1.94. The Morgan fingerprint density at radius 1 is 1.20 bits per heavy atom. The molecule has 1 heterocycles. The Morgan fingerprint density at radius 3 is 2.20 bits per heavy atom. The van der Waals surface area contributed by atoms with Gasteiger partial charge in [0.15, 0.2) is 0 Å². The number of alkyl halides is 3. The van der Waals surface area contributed by atoms with Crippen LogP contribution in [-0.2, 0) is 6.42 Å². The summed E-state index contributed by atoms with van der Waals surface area (Å²) in [6.07, 6.45) is -2.86. The van der Waals surface area contributed by atoms with Gasteiger partial charge in [-0.15, -0.1) is 0 Å². The topological polar surface area (TPSA) is 29.3 Å². The molecule has 0 aliphatic carbocycles. The first-order valence-electron chi connectivity index (χ1n) is 7.02. The number of piperidine rings is 1. The summed E-state index contributed by atoms with van der Waals surface area (Å²) in [5.74, 6) is -1.14. The standard InChI is InChI=1S/C15H21F3N2/c1-11(19)10-12-2-4-14(5-3-12)20-8-6-13(7-9-20)15(16,17)18/h2-5,11,13H,6-10,19H2,1H3. The molecule has 1 fully saturated rings. The van der Waals surface area contributed by atoms with Crippen LogP contribution in [0.25, 0.3) is 0 Å². The van der Waals surface area contributed by atoms with Crippen LogP contribution in [0.5, 0.6) is 0 Å². The zero-order chi connectivity index (χ0) is 14.8. The van der Waals surface area contributed by atoms with Crippen molar-refractivity contribution in [3.8, 4) is 0 Å². The monoisotopic (exact) mass is 286 g/mol. The molecule has 2 N–H and O–H groups in total. The lowest BCUT2D eigenvalue weighted by atomic mass is 9.96. The van der Waals surface area contributed by atoms with Gasteiger partial charge in [0, 0.05) is 24.8 Å². The van der Waals surface area contributed by atoms with Crippen LogP contribution in [0.15, 0.2) is 24.3 Å². The predicted molar refractivity (Wildman–Crippen MR) is 74.8 cm³/mol. The number of hydrogen-bond acceptors (Lipinski definition) is 2. The van der Waals surface area contributed by atoms with Crippen molar-refractivity contribution < 1.29 is 13.2 Å². The van der Waals surface area contributed by atoms with Crippen LogP contribution in [0.3, 0.4) is 0 Å². The highest BCUT2D eigenvalue weighted by Gasteiger charge is 2.41. The molecule has 1 atom stereocenters. The molecule has 1 aliphatic rings. The van der Waals surface area contributed by atoms with E-state index in [1.807, 2.05) is 36.1 Å². The minimum atomic E-state index is -4.05. The van der Waals surface area contributed by atoms with Crippen LogP contribution < -0.4 is 10.6 Å². The van der Waals surface area contributed by atoms with Gasteiger partial charge in [0.1, 0.15) is 0 Å². The highest BCUT2D eigenvalue weighted by atomic mass is 19.4. The molecule has 0 saturated carbocycles. The molecule has 1 unspecified atom stereocenters. The van der Waals surface area contributed by atoms with Crippen LogP contribution in [0.4, 0.5) is 18.9 Å². The van der Waals surface area contributed by atoms with E-state index in [1.165, 1.54) is 0 Å². The maximum atomic E-state index is 12.6. The summed E-state index contributed by atoms with van der Waals surface area (Å²) in [4.78, 5) is 2.03. The van der Waals surface area contributed by atoms with Crippen LogP contribution in [0, 0.1) is 5.92 Å². The van der Waals surface area contributed by atoms with Gasteiger partial charge in [0.05, 0.1) is 5.92 Å². The van der Waals surface area contributed by atoms with Gasteiger partial charge >= 0.3 is 6.18 Å². The minimum Gasteiger partial charge on any atom is -0.372 e. The maximum Gasteiger partial charge on any atom is 0.391 e. The molecule has 2 rings (SSSR count). The summed E-state index contributed by atoms with van der Waals surface area (Å²) >= 11 is 0. The number of anilines is 1. The maximum absolute atomic E-state index is 12.6. The van der Waals surface area contributed by atoms with Crippen molar-refractivity contribution in [1.82, 2.24) is 0 Å². The molecule has 0 radical (unpaired) electrons. The van der Waals surface area contributed by atoms with Crippen LogP contribution >= 0.6 is 0 Å². The lowest BCUT2D eigenvalue weighted by molar-refractivity contribution is -0.179. The molecular formula is C15H21F3N2. The minimum absolute atomic E-state index is 0.114. The second-order valence-corrected chi connectivity index (χ2v) is 5.65. The number of rotatable bonds is 3. The van der Waals surface area contributed by atoms with Gasteiger partial charge in [-0.1, -0.05) is 12.1 Å². The summed E-state index contributed by atoms with van der Waals surface area (Å²) in [6, 6.07) is 8.09. The Bertz CT molecular complexity index is 418. The zero-order valence-electron chi connectivity index (χ0n) is 11.7. The third kappa shape index (κ3) is 3.88. The van der Waals surface area contributed by atoms with Gasteiger partial charge in [-0.3, -0.25) is 0 Å². The third-order valence-electron chi connectivity index (χ3n) is 3.82. The first-order chi connectivity index (χ1) is 9.36. The second kappa shape index (κ2) is 6.04.